The summed E-state index contributed by atoms with van der Waals surface area (Å²) in [6.07, 6.45) is 4.62. The number of rotatable bonds is 8. The van der Waals surface area contributed by atoms with E-state index in [1.165, 1.54) is 12.8 Å². The second kappa shape index (κ2) is 10.9. The highest BCUT2D eigenvalue weighted by Gasteiger charge is 2.44. The number of carbonyl (C=O) groups is 1. The number of hydrogen-bond acceptors (Lipinski definition) is 9. The van der Waals surface area contributed by atoms with Gasteiger partial charge in [0, 0.05) is 24.8 Å². The van der Waals surface area contributed by atoms with E-state index in [-0.39, 0.29) is 18.0 Å². The Morgan fingerprint density at radius 1 is 1.10 bits per heavy atom. The lowest BCUT2D eigenvalue weighted by Crippen LogP contribution is -2.50. The molecule has 0 bridgehead atoms. The number of aliphatic hydroxyl groups is 1. The van der Waals surface area contributed by atoms with E-state index < -0.39 is 22.4 Å². The van der Waals surface area contributed by atoms with Gasteiger partial charge in [0.1, 0.15) is 5.82 Å². The number of aliphatic hydroxyl groups excluding tert-OH is 1. The SMILES string of the molecule is Cc1cc(NC(=O)c2ccc(NS(=O)(=O)CCO)cc2N2CCC3(CC2)CC3)nc(N2[C@@H](C)COC[C@@H]2C)n1. The van der Waals surface area contributed by atoms with Crippen LogP contribution in [0.15, 0.2) is 24.3 Å². The summed E-state index contributed by atoms with van der Waals surface area (Å²) in [5.41, 5.74) is 2.66. The van der Waals surface area contributed by atoms with Crippen molar-refractivity contribution in [3.05, 3.63) is 35.5 Å². The number of nitrogens with zero attached hydrogens (tertiary/aromatic N) is 4. The van der Waals surface area contributed by atoms with Crippen molar-refractivity contribution in [1.29, 1.82) is 0 Å². The van der Waals surface area contributed by atoms with Gasteiger partial charge >= 0.3 is 0 Å². The molecule has 12 heteroatoms. The zero-order chi connectivity index (χ0) is 27.8. The van der Waals surface area contributed by atoms with E-state index in [2.05, 4.69) is 43.7 Å². The number of aromatic nitrogens is 2. The molecule has 0 unspecified atom stereocenters. The lowest BCUT2D eigenvalue weighted by atomic mass is 9.93. The Morgan fingerprint density at radius 2 is 1.79 bits per heavy atom. The summed E-state index contributed by atoms with van der Waals surface area (Å²) in [6.45, 7) is 8.29. The highest BCUT2D eigenvalue weighted by atomic mass is 32.2. The van der Waals surface area contributed by atoms with Crippen LogP contribution in [-0.4, -0.2) is 80.1 Å². The lowest BCUT2D eigenvalue weighted by Gasteiger charge is -2.38. The van der Waals surface area contributed by atoms with Gasteiger partial charge < -0.3 is 25.0 Å². The quantitative estimate of drug-likeness (QED) is 0.447. The molecule has 3 fully saturated rings. The Hall–Kier alpha value is -2.96. The van der Waals surface area contributed by atoms with Crippen LogP contribution in [0.2, 0.25) is 0 Å². The first kappa shape index (κ1) is 27.6. The van der Waals surface area contributed by atoms with Crippen molar-refractivity contribution in [2.24, 2.45) is 5.41 Å². The number of anilines is 4. The van der Waals surface area contributed by atoms with Gasteiger partial charge in [-0.3, -0.25) is 9.52 Å². The van der Waals surface area contributed by atoms with E-state index in [0.717, 1.165) is 31.6 Å². The third-order valence-corrected chi connectivity index (χ3v) is 9.25. The monoisotopic (exact) mass is 558 g/mol. The molecule has 3 N–H and O–H groups in total. The van der Waals surface area contributed by atoms with Crippen molar-refractivity contribution in [3.8, 4) is 0 Å². The van der Waals surface area contributed by atoms with Crippen LogP contribution in [-0.2, 0) is 14.8 Å². The summed E-state index contributed by atoms with van der Waals surface area (Å²) < 4.78 is 32.7. The maximum Gasteiger partial charge on any atom is 0.258 e. The van der Waals surface area contributed by atoms with Crippen LogP contribution in [0, 0.1) is 12.3 Å². The molecule has 1 amide bonds. The topological polar surface area (TPSA) is 137 Å². The number of sulfonamides is 1. The van der Waals surface area contributed by atoms with Gasteiger partial charge in [-0.15, -0.1) is 0 Å². The molecule has 2 atom stereocenters. The molecule has 3 aliphatic rings. The molecule has 1 saturated carbocycles. The normalized spacial score (nSPS) is 22.6. The second-order valence-electron chi connectivity index (χ2n) is 11.2. The average Bonchev–Trinajstić information content (AvgIpc) is 3.62. The Balaban J connectivity index is 1.42. The second-order valence-corrected chi connectivity index (χ2v) is 13.0. The first-order valence-corrected chi connectivity index (χ1v) is 15.3. The van der Waals surface area contributed by atoms with Crippen molar-refractivity contribution in [3.63, 3.8) is 0 Å². The number of nitrogens with one attached hydrogen (secondary N) is 2. The van der Waals surface area contributed by atoms with Gasteiger partial charge in [-0.2, -0.15) is 4.98 Å². The van der Waals surface area contributed by atoms with Crippen molar-refractivity contribution in [2.45, 2.75) is 58.5 Å². The average molecular weight is 559 g/mol. The number of carbonyl (C=O) groups excluding carboxylic acids is 1. The molecule has 39 heavy (non-hydrogen) atoms. The lowest BCUT2D eigenvalue weighted by molar-refractivity contribution is 0.0747. The van der Waals surface area contributed by atoms with Crippen molar-refractivity contribution in [2.75, 3.05) is 58.5 Å². The molecule has 1 aromatic heterocycles. The maximum atomic E-state index is 13.6. The third kappa shape index (κ3) is 6.28. The number of amides is 1. The fourth-order valence-corrected chi connectivity index (χ4v) is 6.44. The Bertz CT molecular complexity index is 1310. The van der Waals surface area contributed by atoms with E-state index in [4.69, 9.17) is 9.84 Å². The predicted octanol–water partition coefficient (Wildman–Crippen LogP) is 2.77. The molecular weight excluding hydrogens is 520 g/mol. The smallest absolute Gasteiger partial charge is 0.258 e. The number of aryl methyl sites for hydroxylation is 1. The van der Waals surface area contributed by atoms with E-state index in [0.29, 0.717) is 47.3 Å². The van der Waals surface area contributed by atoms with Gasteiger partial charge in [-0.25, -0.2) is 13.4 Å². The molecule has 1 aromatic carbocycles. The van der Waals surface area contributed by atoms with Crippen LogP contribution in [0.25, 0.3) is 0 Å². The van der Waals surface area contributed by atoms with Gasteiger partial charge in [-0.1, -0.05) is 0 Å². The minimum atomic E-state index is -3.70. The van der Waals surface area contributed by atoms with Crippen LogP contribution < -0.4 is 19.8 Å². The highest BCUT2D eigenvalue weighted by molar-refractivity contribution is 7.92. The molecule has 5 rings (SSSR count). The number of piperidine rings is 1. The fourth-order valence-electron chi connectivity index (χ4n) is 5.61. The first-order chi connectivity index (χ1) is 18.6. The van der Waals surface area contributed by atoms with Gasteiger partial charge in [0.2, 0.25) is 16.0 Å². The van der Waals surface area contributed by atoms with Crippen LogP contribution in [0.1, 0.15) is 55.6 Å². The van der Waals surface area contributed by atoms with Crippen LogP contribution in [0.3, 0.4) is 0 Å². The molecule has 212 valence electrons. The molecular formula is C27H38N6O5S. The van der Waals surface area contributed by atoms with Crippen LogP contribution in [0.4, 0.5) is 23.1 Å². The number of hydrogen-bond donors (Lipinski definition) is 3. The Kier molecular flexibility index (Phi) is 7.71. The van der Waals surface area contributed by atoms with Crippen LogP contribution >= 0.6 is 0 Å². The minimum absolute atomic E-state index is 0.0988. The molecule has 1 aliphatic carbocycles. The van der Waals surface area contributed by atoms with E-state index in [1.54, 1.807) is 24.3 Å². The van der Waals surface area contributed by atoms with E-state index >= 15 is 0 Å². The molecule has 11 nitrogen and oxygen atoms in total. The molecule has 2 aliphatic heterocycles. The van der Waals surface area contributed by atoms with E-state index in [1.807, 2.05) is 6.92 Å². The van der Waals surface area contributed by atoms with Crippen LogP contribution in [0.5, 0.6) is 0 Å². The molecule has 2 aromatic rings. The molecule has 2 saturated heterocycles. The van der Waals surface area contributed by atoms with Crippen molar-refractivity contribution < 1.29 is 23.1 Å². The van der Waals surface area contributed by atoms with Gasteiger partial charge in [-0.05, 0) is 70.1 Å². The van der Waals surface area contributed by atoms with Crippen molar-refractivity contribution in [1.82, 2.24) is 9.97 Å². The Labute approximate surface area is 230 Å². The zero-order valence-electron chi connectivity index (χ0n) is 22.8. The highest BCUT2D eigenvalue weighted by Crippen LogP contribution is 2.54. The number of morpholine rings is 1. The summed E-state index contributed by atoms with van der Waals surface area (Å²) in [6, 6.07) is 6.87. The first-order valence-electron chi connectivity index (χ1n) is 13.6. The standard InChI is InChI=1S/C27H38N6O5S/c1-18-14-24(30-26(28-18)33-19(2)16-38-17-20(33)3)29-25(35)22-5-4-21(31-39(36,37)13-12-34)15-23(22)32-10-8-27(6-7-27)9-11-32/h4-5,14-15,19-20,31,34H,6-13,16-17H2,1-3H3,(H,28,29,30,35)/t19-,20-/m0/s1. The molecule has 0 radical (unpaired) electrons. The summed E-state index contributed by atoms with van der Waals surface area (Å²) >= 11 is 0. The summed E-state index contributed by atoms with van der Waals surface area (Å²) in [7, 11) is -3.70. The minimum Gasteiger partial charge on any atom is -0.395 e. The van der Waals surface area contributed by atoms with Crippen molar-refractivity contribution >= 4 is 39.1 Å². The largest absolute Gasteiger partial charge is 0.395 e. The van der Waals surface area contributed by atoms with Gasteiger partial charge in [0.15, 0.2) is 0 Å². The number of benzene rings is 1. The maximum absolute atomic E-state index is 13.6. The molecule has 1 spiro atoms. The summed E-state index contributed by atoms with van der Waals surface area (Å²) in [5.74, 6) is 0.233. The van der Waals surface area contributed by atoms with Gasteiger partial charge in [0.25, 0.3) is 5.91 Å². The van der Waals surface area contributed by atoms with E-state index in [9.17, 15) is 13.2 Å². The zero-order valence-corrected chi connectivity index (χ0v) is 23.6. The third-order valence-electron chi connectivity index (χ3n) is 7.98. The Morgan fingerprint density at radius 3 is 2.44 bits per heavy atom. The fraction of sp³-hybridized carbons (Fsp3) is 0.593. The van der Waals surface area contributed by atoms with Gasteiger partial charge in [0.05, 0.1) is 54.6 Å². The summed E-state index contributed by atoms with van der Waals surface area (Å²) in [5, 5.41) is 12.1. The number of ether oxygens (including phenoxy) is 1. The predicted molar refractivity (Wildman–Crippen MR) is 151 cm³/mol. The molecule has 3 heterocycles. The summed E-state index contributed by atoms with van der Waals surface area (Å²) in [4.78, 5) is 27.2.